The van der Waals surface area contributed by atoms with E-state index in [2.05, 4.69) is 42.3 Å². The number of nitrogens with one attached hydrogen (secondary N) is 2. The van der Waals surface area contributed by atoms with E-state index in [-0.39, 0.29) is 0 Å². The third kappa shape index (κ3) is 5.22. The fourth-order valence-electron chi connectivity index (χ4n) is 2.00. The summed E-state index contributed by atoms with van der Waals surface area (Å²) in [5.41, 5.74) is 3.33. The molecule has 0 amide bonds. The van der Waals surface area contributed by atoms with Gasteiger partial charge in [0, 0.05) is 18.3 Å². The Labute approximate surface area is 137 Å². The minimum Gasteiger partial charge on any atom is -0.489 e. The van der Waals surface area contributed by atoms with Gasteiger partial charge < -0.3 is 15.4 Å². The summed E-state index contributed by atoms with van der Waals surface area (Å²) in [5.74, 6) is 0.784. The number of thiocarbonyl (C=S) groups is 1. The Balaban J connectivity index is 1.87. The molecule has 0 radical (unpaired) electrons. The van der Waals surface area contributed by atoms with Crippen LogP contribution in [0.2, 0.25) is 0 Å². The number of hydrogen-bond acceptors (Lipinski definition) is 2. The van der Waals surface area contributed by atoms with Crippen LogP contribution in [0.25, 0.3) is 0 Å². The predicted octanol–water partition coefficient (Wildman–Crippen LogP) is 4.05. The lowest BCUT2D eigenvalue weighted by Gasteiger charge is -2.12. The van der Waals surface area contributed by atoms with Crippen molar-refractivity contribution in [3.63, 3.8) is 0 Å². The summed E-state index contributed by atoms with van der Waals surface area (Å²) in [6.07, 6.45) is 1.72. The summed E-state index contributed by atoms with van der Waals surface area (Å²) in [6.45, 7) is 6.89. The van der Waals surface area contributed by atoms with Crippen LogP contribution in [0.1, 0.15) is 11.1 Å². The molecule has 0 fully saturated rings. The maximum absolute atomic E-state index is 5.50. The topological polar surface area (TPSA) is 33.3 Å². The number of anilines is 1. The van der Waals surface area contributed by atoms with Gasteiger partial charge in [-0.1, -0.05) is 48.6 Å². The molecule has 0 bridgehead atoms. The van der Waals surface area contributed by atoms with Crippen molar-refractivity contribution in [3.8, 4) is 5.75 Å². The first-order valence-corrected chi connectivity index (χ1v) is 7.52. The van der Waals surface area contributed by atoms with Gasteiger partial charge >= 0.3 is 0 Å². The van der Waals surface area contributed by atoms with E-state index in [0.29, 0.717) is 18.3 Å². The standard InChI is InChI=1S/C18H20N2OS/c1-3-10-21-17-9-5-8-16(12-17)20-18(22)19-13-15-7-4-6-14(2)11-15/h3-9,11-12H,1,10,13H2,2H3,(H2,19,20,22). The van der Waals surface area contributed by atoms with E-state index < -0.39 is 0 Å². The van der Waals surface area contributed by atoms with Gasteiger partial charge in [-0.2, -0.15) is 0 Å². The first-order chi connectivity index (χ1) is 10.7. The van der Waals surface area contributed by atoms with E-state index >= 15 is 0 Å². The van der Waals surface area contributed by atoms with E-state index in [1.165, 1.54) is 11.1 Å². The second-order valence-electron chi connectivity index (χ2n) is 4.92. The molecule has 2 N–H and O–H groups in total. The molecule has 22 heavy (non-hydrogen) atoms. The van der Waals surface area contributed by atoms with Gasteiger partial charge in [-0.25, -0.2) is 0 Å². The van der Waals surface area contributed by atoms with Crippen molar-refractivity contribution in [2.45, 2.75) is 13.5 Å². The largest absolute Gasteiger partial charge is 0.489 e. The summed E-state index contributed by atoms with van der Waals surface area (Å²) in [5, 5.41) is 6.94. The average molecular weight is 312 g/mol. The molecule has 0 aromatic heterocycles. The number of ether oxygens (including phenoxy) is 1. The lowest BCUT2D eigenvalue weighted by atomic mass is 10.1. The smallest absolute Gasteiger partial charge is 0.171 e. The summed E-state index contributed by atoms with van der Waals surface area (Å²) in [6, 6.07) is 16.0. The Kier molecular flexibility index (Phi) is 5.98. The monoisotopic (exact) mass is 312 g/mol. The van der Waals surface area contributed by atoms with Crippen molar-refractivity contribution >= 4 is 23.0 Å². The van der Waals surface area contributed by atoms with Crippen LogP contribution < -0.4 is 15.4 Å². The zero-order chi connectivity index (χ0) is 15.8. The molecule has 0 heterocycles. The quantitative estimate of drug-likeness (QED) is 0.623. The number of aryl methyl sites for hydroxylation is 1. The lowest BCUT2D eigenvalue weighted by Crippen LogP contribution is -2.27. The van der Waals surface area contributed by atoms with Crippen molar-refractivity contribution in [1.82, 2.24) is 5.32 Å². The highest BCUT2D eigenvalue weighted by Gasteiger charge is 2.00. The van der Waals surface area contributed by atoms with E-state index in [4.69, 9.17) is 17.0 Å². The third-order valence-corrected chi connectivity index (χ3v) is 3.24. The maximum atomic E-state index is 5.50. The van der Waals surface area contributed by atoms with Gasteiger partial charge in [0.25, 0.3) is 0 Å². The molecule has 2 rings (SSSR count). The SMILES string of the molecule is C=CCOc1cccc(NC(=S)NCc2cccc(C)c2)c1. The van der Waals surface area contributed by atoms with Crippen LogP contribution >= 0.6 is 12.2 Å². The Hall–Kier alpha value is -2.33. The molecular weight excluding hydrogens is 292 g/mol. The van der Waals surface area contributed by atoms with Gasteiger partial charge in [-0.3, -0.25) is 0 Å². The Bertz CT molecular complexity index is 655. The van der Waals surface area contributed by atoms with Crippen LogP contribution in [0, 0.1) is 6.92 Å². The highest BCUT2D eigenvalue weighted by atomic mass is 32.1. The van der Waals surface area contributed by atoms with Gasteiger partial charge in [-0.05, 0) is 36.8 Å². The molecule has 0 aliphatic carbocycles. The van der Waals surface area contributed by atoms with E-state index in [1.54, 1.807) is 6.08 Å². The molecule has 4 heteroatoms. The summed E-state index contributed by atoms with van der Waals surface area (Å²) >= 11 is 5.32. The second-order valence-corrected chi connectivity index (χ2v) is 5.33. The molecule has 0 aliphatic heterocycles. The van der Waals surface area contributed by atoms with Crippen molar-refractivity contribution in [2.75, 3.05) is 11.9 Å². The van der Waals surface area contributed by atoms with Gasteiger partial charge in [0.2, 0.25) is 0 Å². The molecule has 0 unspecified atom stereocenters. The summed E-state index contributed by atoms with van der Waals surface area (Å²) in [7, 11) is 0. The Morgan fingerprint density at radius 3 is 2.82 bits per heavy atom. The molecular formula is C18H20N2OS. The van der Waals surface area contributed by atoms with Gasteiger partial charge in [-0.15, -0.1) is 0 Å². The molecule has 2 aromatic carbocycles. The third-order valence-electron chi connectivity index (χ3n) is 3.00. The highest BCUT2D eigenvalue weighted by Crippen LogP contribution is 2.17. The highest BCUT2D eigenvalue weighted by molar-refractivity contribution is 7.80. The molecule has 0 aliphatic rings. The maximum Gasteiger partial charge on any atom is 0.171 e. The lowest BCUT2D eigenvalue weighted by molar-refractivity contribution is 0.363. The minimum absolute atomic E-state index is 0.486. The first kappa shape index (κ1) is 16.0. The van der Waals surface area contributed by atoms with Crippen LogP contribution in [-0.2, 0) is 6.54 Å². The molecule has 114 valence electrons. The fraction of sp³-hybridized carbons (Fsp3) is 0.167. The predicted molar refractivity (Wildman–Crippen MR) is 96.4 cm³/mol. The number of benzene rings is 2. The zero-order valence-corrected chi connectivity index (χ0v) is 13.5. The van der Waals surface area contributed by atoms with Crippen LogP contribution in [0.4, 0.5) is 5.69 Å². The second kappa shape index (κ2) is 8.20. The van der Waals surface area contributed by atoms with E-state index in [9.17, 15) is 0 Å². The fourth-order valence-corrected chi connectivity index (χ4v) is 2.19. The number of rotatable bonds is 6. The van der Waals surface area contributed by atoms with Crippen LogP contribution in [0.5, 0.6) is 5.75 Å². The minimum atomic E-state index is 0.486. The van der Waals surface area contributed by atoms with Gasteiger partial charge in [0.15, 0.2) is 5.11 Å². The Morgan fingerprint density at radius 2 is 2.05 bits per heavy atom. The van der Waals surface area contributed by atoms with Gasteiger partial charge in [0.1, 0.15) is 12.4 Å². The van der Waals surface area contributed by atoms with E-state index in [1.807, 2.05) is 30.3 Å². The number of hydrogen-bond donors (Lipinski definition) is 2. The molecule has 0 saturated carbocycles. The van der Waals surface area contributed by atoms with E-state index in [0.717, 1.165) is 11.4 Å². The molecule has 0 saturated heterocycles. The average Bonchev–Trinajstić information content (AvgIpc) is 2.51. The van der Waals surface area contributed by atoms with Crippen molar-refractivity contribution < 1.29 is 4.74 Å². The first-order valence-electron chi connectivity index (χ1n) is 7.11. The Morgan fingerprint density at radius 1 is 1.23 bits per heavy atom. The van der Waals surface area contributed by atoms with Gasteiger partial charge in [0.05, 0.1) is 0 Å². The van der Waals surface area contributed by atoms with Crippen LogP contribution in [0.15, 0.2) is 61.2 Å². The normalized spacial score (nSPS) is 9.86. The van der Waals surface area contributed by atoms with Crippen molar-refractivity contribution in [3.05, 3.63) is 72.3 Å². The zero-order valence-electron chi connectivity index (χ0n) is 12.6. The molecule has 2 aromatic rings. The van der Waals surface area contributed by atoms with Crippen LogP contribution in [-0.4, -0.2) is 11.7 Å². The molecule has 0 spiro atoms. The van der Waals surface area contributed by atoms with Crippen molar-refractivity contribution in [1.29, 1.82) is 0 Å². The van der Waals surface area contributed by atoms with Crippen molar-refractivity contribution in [2.24, 2.45) is 0 Å². The summed E-state index contributed by atoms with van der Waals surface area (Å²) in [4.78, 5) is 0. The van der Waals surface area contributed by atoms with Crippen LogP contribution in [0.3, 0.4) is 0 Å². The molecule has 3 nitrogen and oxygen atoms in total. The summed E-state index contributed by atoms with van der Waals surface area (Å²) < 4.78 is 5.50. The molecule has 0 atom stereocenters.